The van der Waals surface area contributed by atoms with Crippen LogP contribution in [0.1, 0.15) is 17.2 Å². The number of carbonyl (C=O) groups excluding carboxylic acids is 1. The van der Waals surface area contributed by atoms with Gasteiger partial charge in [0.1, 0.15) is 5.25 Å². The Morgan fingerprint density at radius 2 is 1.65 bits per heavy atom. The van der Waals surface area contributed by atoms with E-state index < -0.39 is 0 Å². The molecule has 0 aliphatic rings. The Kier molecular flexibility index (Phi) is 7.17. The lowest BCUT2D eigenvalue weighted by atomic mass is 10.1. The highest BCUT2D eigenvalue weighted by molar-refractivity contribution is 8.00. The average Bonchev–Trinajstić information content (AvgIpc) is 2.58. The highest BCUT2D eigenvalue weighted by atomic mass is 32.2. The summed E-state index contributed by atoms with van der Waals surface area (Å²) in [6.07, 6.45) is 0.955. The molecule has 122 valence electrons. The Morgan fingerprint density at radius 1 is 1.04 bits per heavy atom. The smallest absolute Gasteiger partial charge is 0.237 e. The van der Waals surface area contributed by atoms with E-state index in [1.165, 1.54) is 0 Å². The first-order valence-corrected chi connectivity index (χ1v) is 8.74. The zero-order valence-electron chi connectivity index (χ0n) is 13.7. The van der Waals surface area contributed by atoms with E-state index in [9.17, 15) is 4.79 Å². The number of hydrogen-bond acceptors (Lipinski definition) is 3. The van der Waals surface area contributed by atoms with E-state index in [1.54, 1.807) is 11.8 Å². The maximum atomic E-state index is 12.6. The van der Waals surface area contributed by atoms with Crippen LogP contribution in [-0.4, -0.2) is 38.0 Å². The molecule has 2 rings (SSSR count). The fourth-order valence-corrected chi connectivity index (χ4v) is 3.31. The van der Waals surface area contributed by atoms with Gasteiger partial charge in [0.25, 0.3) is 0 Å². The monoisotopic (exact) mass is 328 g/mol. The van der Waals surface area contributed by atoms with Crippen molar-refractivity contribution in [2.75, 3.05) is 27.2 Å². The molecular formula is C19H24N2OS. The topological polar surface area (TPSA) is 32.3 Å². The molecule has 1 N–H and O–H groups in total. The minimum absolute atomic E-state index is 0.0730. The fourth-order valence-electron chi connectivity index (χ4n) is 2.24. The van der Waals surface area contributed by atoms with Gasteiger partial charge in [-0.15, -0.1) is 11.8 Å². The summed E-state index contributed by atoms with van der Waals surface area (Å²) in [7, 11) is 4.08. The number of thioether (sulfide) groups is 1. The third-order valence-electron chi connectivity index (χ3n) is 3.42. The standard InChI is InChI=1S/C19H24N2OS/c1-21(2)15-9-14-20-19(22)18(16-10-5-3-6-11-16)23-17-12-7-4-8-13-17/h3-8,10-13,18H,9,14-15H2,1-2H3,(H,20,22)/t18-/m1/s1. The normalized spacial score (nSPS) is 12.1. The van der Waals surface area contributed by atoms with Crippen LogP contribution in [0.25, 0.3) is 0 Å². The van der Waals surface area contributed by atoms with E-state index in [1.807, 2.05) is 74.8 Å². The summed E-state index contributed by atoms with van der Waals surface area (Å²) in [6, 6.07) is 20.0. The minimum atomic E-state index is -0.224. The zero-order chi connectivity index (χ0) is 16.5. The zero-order valence-corrected chi connectivity index (χ0v) is 14.6. The molecule has 0 heterocycles. The van der Waals surface area contributed by atoms with Gasteiger partial charge in [-0.05, 0) is 44.8 Å². The number of hydrogen-bond donors (Lipinski definition) is 1. The first-order valence-electron chi connectivity index (χ1n) is 7.86. The molecule has 0 aliphatic heterocycles. The van der Waals surface area contributed by atoms with Crippen LogP contribution in [0.15, 0.2) is 65.6 Å². The van der Waals surface area contributed by atoms with Gasteiger partial charge in [-0.1, -0.05) is 48.5 Å². The summed E-state index contributed by atoms with van der Waals surface area (Å²) in [5.41, 5.74) is 1.03. The Labute approximate surface area is 143 Å². The largest absolute Gasteiger partial charge is 0.355 e. The number of rotatable bonds is 8. The van der Waals surface area contributed by atoms with Gasteiger partial charge < -0.3 is 10.2 Å². The molecule has 0 spiro atoms. The molecule has 0 saturated heterocycles. The Bertz CT molecular complexity index is 587. The number of nitrogens with zero attached hydrogens (tertiary/aromatic N) is 1. The lowest BCUT2D eigenvalue weighted by Gasteiger charge is -2.17. The van der Waals surface area contributed by atoms with Crippen molar-refractivity contribution in [3.8, 4) is 0 Å². The summed E-state index contributed by atoms with van der Waals surface area (Å²) >= 11 is 1.59. The van der Waals surface area contributed by atoms with Gasteiger partial charge in [-0.3, -0.25) is 4.79 Å². The second-order valence-corrected chi connectivity index (χ2v) is 6.85. The maximum absolute atomic E-state index is 12.6. The molecule has 2 aromatic carbocycles. The second-order valence-electron chi connectivity index (χ2n) is 5.67. The molecule has 0 aliphatic carbocycles. The van der Waals surface area contributed by atoms with Crippen LogP contribution in [0.3, 0.4) is 0 Å². The fraction of sp³-hybridized carbons (Fsp3) is 0.316. The summed E-state index contributed by atoms with van der Waals surface area (Å²) in [5, 5.41) is 2.85. The van der Waals surface area contributed by atoms with Crippen LogP contribution in [0.4, 0.5) is 0 Å². The number of nitrogens with one attached hydrogen (secondary N) is 1. The third-order valence-corrected chi connectivity index (χ3v) is 4.69. The SMILES string of the molecule is CN(C)CCCNC(=O)[C@H](Sc1ccccc1)c1ccccc1. The maximum Gasteiger partial charge on any atom is 0.237 e. The molecule has 0 saturated carbocycles. The van der Waals surface area contributed by atoms with E-state index >= 15 is 0 Å². The molecule has 3 nitrogen and oxygen atoms in total. The van der Waals surface area contributed by atoms with Gasteiger partial charge in [-0.2, -0.15) is 0 Å². The lowest BCUT2D eigenvalue weighted by Crippen LogP contribution is -2.30. The predicted octanol–water partition coefficient (Wildman–Crippen LogP) is 3.59. The predicted molar refractivity (Wildman–Crippen MR) is 97.7 cm³/mol. The van der Waals surface area contributed by atoms with Crippen LogP contribution in [-0.2, 0) is 4.79 Å². The Balaban J connectivity index is 2.03. The van der Waals surface area contributed by atoms with Crippen molar-refractivity contribution >= 4 is 17.7 Å². The van der Waals surface area contributed by atoms with Crippen LogP contribution in [0.2, 0.25) is 0 Å². The van der Waals surface area contributed by atoms with Gasteiger partial charge in [-0.25, -0.2) is 0 Å². The number of carbonyl (C=O) groups is 1. The van der Waals surface area contributed by atoms with E-state index in [-0.39, 0.29) is 11.2 Å². The van der Waals surface area contributed by atoms with E-state index in [0.717, 1.165) is 23.4 Å². The molecule has 0 bridgehead atoms. The van der Waals surface area contributed by atoms with Crippen LogP contribution in [0, 0.1) is 0 Å². The van der Waals surface area contributed by atoms with Crippen LogP contribution in [0.5, 0.6) is 0 Å². The summed E-state index contributed by atoms with van der Waals surface area (Å²) in [4.78, 5) is 15.9. The van der Waals surface area contributed by atoms with Crippen molar-refractivity contribution in [1.29, 1.82) is 0 Å². The summed E-state index contributed by atoms with van der Waals surface area (Å²) in [6.45, 7) is 1.68. The lowest BCUT2D eigenvalue weighted by molar-refractivity contribution is -0.120. The van der Waals surface area contributed by atoms with Gasteiger partial charge in [0, 0.05) is 11.4 Å². The van der Waals surface area contributed by atoms with Crippen LogP contribution >= 0.6 is 11.8 Å². The molecule has 1 atom stereocenters. The molecule has 1 amide bonds. The molecule has 23 heavy (non-hydrogen) atoms. The molecule has 2 aromatic rings. The summed E-state index contributed by atoms with van der Waals surface area (Å²) in [5.74, 6) is 0.0730. The van der Waals surface area contributed by atoms with E-state index in [2.05, 4.69) is 10.2 Å². The van der Waals surface area contributed by atoms with Crippen LogP contribution < -0.4 is 5.32 Å². The minimum Gasteiger partial charge on any atom is -0.355 e. The molecule has 0 unspecified atom stereocenters. The van der Waals surface area contributed by atoms with Gasteiger partial charge in [0.2, 0.25) is 5.91 Å². The molecule has 0 radical (unpaired) electrons. The van der Waals surface area contributed by atoms with Crippen molar-refractivity contribution in [2.45, 2.75) is 16.6 Å². The van der Waals surface area contributed by atoms with E-state index in [0.29, 0.717) is 6.54 Å². The molecular weight excluding hydrogens is 304 g/mol. The number of amides is 1. The third kappa shape index (κ3) is 6.08. The van der Waals surface area contributed by atoms with Crippen molar-refractivity contribution in [2.24, 2.45) is 0 Å². The summed E-state index contributed by atoms with van der Waals surface area (Å²) < 4.78 is 0. The second kappa shape index (κ2) is 9.38. The van der Waals surface area contributed by atoms with Gasteiger partial charge in [0.05, 0.1) is 0 Å². The molecule has 0 aromatic heterocycles. The Hall–Kier alpha value is -1.78. The van der Waals surface area contributed by atoms with Crippen molar-refractivity contribution < 1.29 is 4.79 Å². The van der Waals surface area contributed by atoms with Crippen molar-refractivity contribution in [3.05, 3.63) is 66.2 Å². The number of benzene rings is 2. The van der Waals surface area contributed by atoms with Gasteiger partial charge in [0.15, 0.2) is 0 Å². The first kappa shape index (κ1) is 17.6. The van der Waals surface area contributed by atoms with Gasteiger partial charge >= 0.3 is 0 Å². The highest BCUT2D eigenvalue weighted by Gasteiger charge is 2.21. The molecule has 0 fully saturated rings. The first-order chi connectivity index (χ1) is 11.2. The average molecular weight is 328 g/mol. The van der Waals surface area contributed by atoms with E-state index in [4.69, 9.17) is 0 Å². The molecule has 4 heteroatoms. The van der Waals surface area contributed by atoms with Crippen molar-refractivity contribution in [1.82, 2.24) is 10.2 Å². The quantitative estimate of drug-likeness (QED) is 0.594. The highest BCUT2D eigenvalue weighted by Crippen LogP contribution is 2.35. The Morgan fingerprint density at radius 3 is 2.26 bits per heavy atom. The van der Waals surface area contributed by atoms with Crippen molar-refractivity contribution in [3.63, 3.8) is 0 Å².